The maximum atomic E-state index is 11.7. The van der Waals surface area contributed by atoms with Gasteiger partial charge in [0, 0.05) is 25.1 Å². The van der Waals surface area contributed by atoms with Crippen molar-refractivity contribution in [2.24, 2.45) is 5.92 Å². The van der Waals surface area contributed by atoms with Crippen LogP contribution in [0.2, 0.25) is 0 Å². The molecule has 1 unspecified atom stereocenters. The summed E-state index contributed by atoms with van der Waals surface area (Å²) in [5.74, 6) is -0.438. The second kappa shape index (κ2) is 9.01. The Kier molecular flexibility index (Phi) is 7.69. The monoisotopic (exact) mass is 408 g/mol. The first kappa shape index (κ1) is 17.9. The summed E-state index contributed by atoms with van der Waals surface area (Å²) in [7, 11) is 0. The highest BCUT2D eigenvalue weighted by atomic mass is 127. The molecule has 0 aromatic heterocycles. The normalized spacial score (nSPS) is 15.9. The maximum Gasteiger partial charge on any atom is 0.253 e. The number of rotatable bonds is 9. The van der Waals surface area contributed by atoms with Crippen molar-refractivity contribution in [3.8, 4) is 0 Å². The molecule has 0 bridgehead atoms. The number of imide groups is 1. The third-order valence-corrected chi connectivity index (χ3v) is 5.46. The van der Waals surface area contributed by atoms with Gasteiger partial charge in [0.15, 0.2) is 21.2 Å². The lowest BCUT2D eigenvalue weighted by atomic mass is 10.1. The lowest BCUT2D eigenvalue weighted by Crippen LogP contribution is -2.34. The predicted octanol–water partition coefficient (Wildman–Crippen LogP) is 1.89. The van der Waals surface area contributed by atoms with Gasteiger partial charge < -0.3 is 5.32 Å². The Hall–Kier alpha value is -1.12. The summed E-state index contributed by atoms with van der Waals surface area (Å²) in [6.07, 6.45) is 5.07. The van der Waals surface area contributed by atoms with E-state index >= 15 is 0 Å². The van der Waals surface area contributed by atoms with Crippen molar-refractivity contribution in [1.82, 2.24) is 10.2 Å². The van der Waals surface area contributed by atoms with Crippen LogP contribution in [-0.2, 0) is 17.5 Å². The summed E-state index contributed by atoms with van der Waals surface area (Å²) in [6, 6.07) is 0. The van der Waals surface area contributed by atoms with E-state index in [9.17, 15) is 17.5 Å². The zero-order valence-electron chi connectivity index (χ0n) is 12.3. The van der Waals surface area contributed by atoms with Gasteiger partial charge in [-0.1, -0.05) is 20.3 Å². The van der Waals surface area contributed by atoms with Gasteiger partial charge in [0.1, 0.15) is 4.05 Å². The SMILES string of the molecule is CC(C)C(NC(=O)CCCCCN1C(=O)C=CC1=O)I=O. The summed E-state index contributed by atoms with van der Waals surface area (Å²) in [6.45, 7) is 4.26. The summed E-state index contributed by atoms with van der Waals surface area (Å²) in [4.78, 5) is 35.5. The van der Waals surface area contributed by atoms with Crippen LogP contribution >= 0.6 is 21.2 Å². The fourth-order valence-corrected chi connectivity index (χ4v) is 2.96. The molecule has 1 heterocycles. The minimum Gasteiger partial charge on any atom is -0.342 e. The highest BCUT2D eigenvalue weighted by molar-refractivity contribution is 14.1. The summed E-state index contributed by atoms with van der Waals surface area (Å²) < 4.78 is 10.8. The molecule has 1 atom stereocenters. The Morgan fingerprint density at radius 2 is 1.81 bits per heavy atom. The number of alkyl halides is 1. The largest absolute Gasteiger partial charge is 0.342 e. The number of nitrogens with one attached hydrogen (secondary N) is 1. The second-order valence-corrected chi connectivity index (χ2v) is 7.12. The van der Waals surface area contributed by atoms with E-state index in [0.717, 1.165) is 6.42 Å². The number of hydrogen-bond donors (Lipinski definition) is 1. The van der Waals surface area contributed by atoms with Gasteiger partial charge in [0.25, 0.3) is 11.8 Å². The van der Waals surface area contributed by atoms with Crippen molar-refractivity contribution >= 4 is 38.9 Å². The Bertz CT molecular complexity index is 430. The van der Waals surface area contributed by atoms with E-state index < -0.39 is 21.2 Å². The van der Waals surface area contributed by atoms with Gasteiger partial charge >= 0.3 is 0 Å². The third-order valence-electron chi connectivity index (χ3n) is 3.17. The highest BCUT2D eigenvalue weighted by Crippen LogP contribution is 2.14. The van der Waals surface area contributed by atoms with Crippen LogP contribution in [0.4, 0.5) is 0 Å². The minimum absolute atomic E-state index is 0.0840. The van der Waals surface area contributed by atoms with Crippen LogP contribution in [0, 0.1) is 5.92 Å². The zero-order chi connectivity index (χ0) is 15.8. The topological polar surface area (TPSA) is 83.6 Å². The standard InChI is InChI=1S/C14H21IN2O4/c1-10(2)14(15-21)16-11(18)6-4-3-5-9-17-12(19)7-8-13(17)20/h7-8,10,14H,3-6,9H2,1-2H3,(H,16,18). The number of carbonyl (C=O) groups is 3. The fraction of sp³-hybridized carbons (Fsp3) is 0.643. The summed E-state index contributed by atoms with van der Waals surface area (Å²) in [5, 5.41) is 2.78. The van der Waals surface area contributed by atoms with Gasteiger partial charge in [-0.3, -0.25) is 22.4 Å². The molecule has 0 spiro atoms. The lowest BCUT2D eigenvalue weighted by Gasteiger charge is -2.15. The molecular formula is C14H21IN2O4. The zero-order valence-corrected chi connectivity index (χ0v) is 14.5. The van der Waals surface area contributed by atoms with E-state index in [1.54, 1.807) is 0 Å². The molecule has 3 amide bonds. The molecule has 1 N–H and O–H groups in total. The van der Waals surface area contributed by atoms with Crippen LogP contribution in [0.3, 0.4) is 0 Å². The van der Waals surface area contributed by atoms with Crippen LogP contribution < -0.4 is 5.32 Å². The van der Waals surface area contributed by atoms with E-state index in [1.165, 1.54) is 17.1 Å². The molecule has 1 aliphatic heterocycles. The van der Waals surface area contributed by atoms with E-state index in [1.807, 2.05) is 13.8 Å². The molecular weight excluding hydrogens is 387 g/mol. The van der Waals surface area contributed by atoms with Crippen LogP contribution in [0.1, 0.15) is 39.5 Å². The third kappa shape index (κ3) is 6.03. The van der Waals surface area contributed by atoms with Crippen molar-refractivity contribution in [2.45, 2.75) is 43.6 Å². The average molecular weight is 408 g/mol. The first-order valence-corrected chi connectivity index (χ1v) is 9.17. The first-order chi connectivity index (χ1) is 9.95. The lowest BCUT2D eigenvalue weighted by molar-refractivity contribution is -0.136. The molecule has 0 saturated heterocycles. The molecule has 118 valence electrons. The van der Waals surface area contributed by atoms with Gasteiger partial charge in [-0.2, -0.15) is 0 Å². The van der Waals surface area contributed by atoms with E-state index in [2.05, 4.69) is 5.32 Å². The smallest absolute Gasteiger partial charge is 0.253 e. The quantitative estimate of drug-likeness (QED) is 0.208. The Morgan fingerprint density at radius 3 is 2.33 bits per heavy atom. The second-order valence-electron chi connectivity index (χ2n) is 5.27. The number of unbranched alkanes of at least 4 members (excludes halogenated alkanes) is 2. The minimum atomic E-state index is -1.24. The number of halogens is 1. The Morgan fingerprint density at radius 1 is 1.19 bits per heavy atom. The van der Waals surface area contributed by atoms with Gasteiger partial charge in [-0.25, -0.2) is 0 Å². The van der Waals surface area contributed by atoms with Crippen molar-refractivity contribution < 1.29 is 17.5 Å². The van der Waals surface area contributed by atoms with E-state index in [4.69, 9.17) is 0 Å². The molecule has 0 saturated carbocycles. The number of amides is 3. The molecule has 1 rings (SSSR count). The molecule has 0 fully saturated rings. The fourth-order valence-electron chi connectivity index (χ4n) is 1.90. The number of nitrogens with zero attached hydrogens (tertiary/aromatic N) is 1. The Balaban J connectivity index is 2.14. The molecule has 0 aliphatic carbocycles. The van der Waals surface area contributed by atoms with E-state index in [-0.39, 0.29) is 27.7 Å². The molecule has 7 heteroatoms. The van der Waals surface area contributed by atoms with Gasteiger partial charge in [0.2, 0.25) is 5.91 Å². The van der Waals surface area contributed by atoms with Crippen molar-refractivity contribution in [3.63, 3.8) is 0 Å². The molecule has 21 heavy (non-hydrogen) atoms. The maximum absolute atomic E-state index is 11.7. The van der Waals surface area contributed by atoms with Crippen molar-refractivity contribution in [2.75, 3.05) is 6.54 Å². The van der Waals surface area contributed by atoms with Crippen molar-refractivity contribution in [1.29, 1.82) is 0 Å². The van der Waals surface area contributed by atoms with Gasteiger partial charge in [-0.15, -0.1) is 0 Å². The first-order valence-electron chi connectivity index (χ1n) is 7.04. The van der Waals surface area contributed by atoms with Crippen LogP contribution in [0.5, 0.6) is 0 Å². The van der Waals surface area contributed by atoms with E-state index in [0.29, 0.717) is 25.8 Å². The molecule has 6 nitrogen and oxygen atoms in total. The molecule has 0 aromatic rings. The molecule has 0 radical (unpaired) electrons. The van der Waals surface area contributed by atoms with Crippen LogP contribution in [0.15, 0.2) is 12.2 Å². The summed E-state index contributed by atoms with van der Waals surface area (Å²) in [5.41, 5.74) is 0. The predicted molar refractivity (Wildman–Crippen MR) is 85.8 cm³/mol. The van der Waals surface area contributed by atoms with Crippen LogP contribution in [-0.4, -0.2) is 33.2 Å². The van der Waals surface area contributed by atoms with Gasteiger partial charge in [-0.05, 0) is 18.8 Å². The molecule has 0 aromatic carbocycles. The number of hydrogen-bond acceptors (Lipinski definition) is 4. The number of carbonyl (C=O) groups excluding carboxylic acids is 3. The van der Waals surface area contributed by atoms with Gasteiger partial charge in [0.05, 0.1) is 0 Å². The van der Waals surface area contributed by atoms with Crippen molar-refractivity contribution in [3.05, 3.63) is 12.2 Å². The highest BCUT2D eigenvalue weighted by Gasteiger charge is 2.22. The average Bonchev–Trinajstić information content (AvgIpc) is 2.75. The summed E-state index contributed by atoms with van der Waals surface area (Å²) >= 11 is -1.24. The molecule has 1 aliphatic rings. The Labute approximate surface area is 135 Å². The van der Waals surface area contributed by atoms with Crippen LogP contribution in [0.25, 0.3) is 0 Å².